The number of nitriles is 1. The van der Waals surface area contributed by atoms with E-state index >= 15 is 0 Å². The van der Waals surface area contributed by atoms with Crippen LogP contribution in [0.3, 0.4) is 0 Å². The van der Waals surface area contributed by atoms with Crippen LogP contribution < -0.4 is 4.90 Å². The van der Waals surface area contributed by atoms with Crippen LogP contribution >= 0.6 is 0 Å². The minimum Gasteiger partial charge on any atom is -0.393 e. The summed E-state index contributed by atoms with van der Waals surface area (Å²) in [6.45, 7) is 0.975. The Balaban J connectivity index is 1.93. The van der Waals surface area contributed by atoms with Gasteiger partial charge in [0.1, 0.15) is 0 Å². The van der Waals surface area contributed by atoms with Crippen molar-refractivity contribution in [2.24, 2.45) is 5.92 Å². The second kappa shape index (κ2) is 4.54. The molecule has 0 unspecified atom stereocenters. The van der Waals surface area contributed by atoms with Crippen molar-refractivity contribution in [1.82, 2.24) is 0 Å². The molecule has 16 heavy (non-hydrogen) atoms. The number of hydrogen-bond acceptors (Lipinski definition) is 3. The van der Waals surface area contributed by atoms with Gasteiger partial charge in [-0.1, -0.05) is 0 Å². The van der Waals surface area contributed by atoms with Crippen molar-refractivity contribution in [1.29, 1.82) is 5.26 Å². The average Bonchev–Trinajstić information content (AvgIpc) is 2.27. The molecule has 1 aromatic rings. The highest BCUT2D eigenvalue weighted by Gasteiger charge is 2.27. The van der Waals surface area contributed by atoms with E-state index in [-0.39, 0.29) is 6.10 Å². The van der Waals surface area contributed by atoms with Gasteiger partial charge in [0.05, 0.1) is 17.7 Å². The van der Waals surface area contributed by atoms with E-state index in [1.165, 1.54) is 0 Å². The third kappa shape index (κ3) is 2.34. The van der Waals surface area contributed by atoms with Gasteiger partial charge in [-0.05, 0) is 43.0 Å². The lowest BCUT2D eigenvalue weighted by atomic mass is 9.82. The maximum Gasteiger partial charge on any atom is 0.0991 e. The second-order valence-electron chi connectivity index (χ2n) is 4.53. The van der Waals surface area contributed by atoms with Crippen molar-refractivity contribution in [3.63, 3.8) is 0 Å². The van der Waals surface area contributed by atoms with Gasteiger partial charge in [0.2, 0.25) is 0 Å². The van der Waals surface area contributed by atoms with Gasteiger partial charge >= 0.3 is 0 Å². The Kier molecular flexibility index (Phi) is 3.12. The van der Waals surface area contributed by atoms with Crippen molar-refractivity contribution < 1.29 is 5.11 Å². The molecule has 84 valence electrons. The predicted molar refractivity (Wildman–Crippen MR) is 63.2 cm³/mol. The lowest BCUT2D eigenvalue weighted by Crippen LogP contribution is -2.37. The first-order chi connectivity index (χ1) is 7.69. The van der Waals surface area contributed by atoms with Gasteiger partial charge in [0.25, 0.3) is 0 Å². The highest BCUT2D eigenvalue weighted by molar-refractivity contribution is 5.49. The normalized spacial score (nSPS) is 23.3. The van der Waals surface area contributed by atoms with E-state index in [1.807, 2.05) is 31.3 Å². The molecule has 1 aliphatic rings. The van der Waals surface area contributed by atoms with Crippen LogP contribution in [0.4, 0.5) is 5.69 Å². The average molecular weight is 216 g/mol. The molecule has 1 aromatic carbocycles. The Morgan fingerprint density at radius 2 is 2.00 bits per heavy atom. The number of hydrogen-bond donors (Lipinski definition) is 1. The van der Waals surface area contributed by atoms with Gasteiger partial charge in [0, 0.05) is 19.3 Å². The molecule has 0 bridgehead atoms. The maximum absolute atomic E-state index is 9.22. The molecule has 0 saturated heterocycles. The Bertz CT molecular complexity index is 387. The Hall–Kier alpha value is -1.53. The van der Waals surface area contributed by atoms with Crippen molar-refractivity contribution in [3.8, 4) is 6.07 Å². The van der Waals surface area contributed by atoms with E-state index in [0.717, 1.165) is 25.1 Å². The Labute approximate surface area is 95.9 Å². The summed E-state index contributed by atoms with van der Waals surface area (Å²) in [4.78, 5) is 2.18. The van der Waals surface area contributed by atoms with E-state index < -0.39 is 0 Å². The molecule has 1 aliphatic carbocycles. The van der Waals surface area contributed by atoms with E-state index in [2.05, 4.69) is 11.0 Å². The third-order valence-corrected chi connectivity index (χ3v) is 3.18. The van der Waals surface area contributed by atoms with Crippen LogP contribution in [0, 0.1) is 17.2 Å². The molecule has 0 spiro atoms. The van der Waals surface area contributed by atoms with Crippen molar-refractivity contribution >= 4 is 5.69 Å². The van der Waals surface area contributed by atoms with Crippen LogP contribution in [0.1, 0.15) is 18.4 Å². The maximum atomic E-state index is 9.22. The number of benzene rings is 1. The highest BCUT2D eigenvalue weighted by atomic mass is 16.3. The summed E-state index contributed by atoms with van der Waals surface area (Å²) < 4.78 is 0. The van der Waals surface area contributed by atoms with Gasteiger partial charge in [0.15, 0.2) is 0 Å². The van der Waals surface area contributed by atoms with Crippen LogP contribution in [-0.2, 0) is 0 Å². The van der Waals surface area contributed by atoms with E-state index in [4.69, 9.17) is 5.26 Å². The molecule has 1 fully saturated rings. The molecule has 0 amide bonds. The highest BCUT2D eigenvalue weighted by Crippen LogP contribution is 2.29. The van der Waals surface area contributed by atoms with Gasteiger partial charge in [-0.15, -0.1) is 0 Å². The molecule has 0 aliphatic heterocycles. The van der Waals surface area contributed by atoms with Gasteiger partial charge in [-0.2, -0.15) is 5.26 Å². The molecule has 1 saturated carbocycles. The zero-order chi connectivity index (χ0) is 11.5. The van der Waals surface area contributed by atoms with Crippen LogP contribution in [0.2, 0.25) is 0 Å². The number of aliphatic hydroxyl groups is 1. The first-order valence-corrected chi connectivity index (χ1v) is 5.58. The fourth-order valence-electron chi connectivity index (χ4n) is 2.13. The molecule has 0 aromatic heterocycles. The zero-order valence-electron chi connectivity index (χ0n) is 9.43. The molecular formula is C13H16N2O. The summed E-state index contributed by atoms with van der Waals surface area (Å²) in [6.07, 6.45) is 1.75. The topological polar surface area (TPSA) is 47.3 Å². The van der Waals surface area contributed by atoms with Crippen molar-refractivity contribution in [3.05, 3.63) is 29.8 Å². The molecule has 3 nitrogen and oxygen atoms in total. The molecule has 3 heteroatoms. The molecule has 0 heterocycles. The monoisotopic (exact) mass is 216 g/mol. The zero-order valence-corrected chi connectivity index (χ0v) is 9.43. The minimum absolute atomic E-state index is 0.0839. The van der Waals surface area contributed by atoms with Crippen molar-refractivity contribution in [2.45, 2.75) is 18.9 Å². The lowest BCUT2D eigenvalue weighted by Gasteiger charge is -2.35. The largest absolute Gasteiger partial charge is 0.393 e. The van der Waals surface area contributed by atoms with Crippen LogP contribution in [0.25, 0.3) is 0 Å². The number of nitrogens with zero attached hydrogens (tertiary/aromatic N) is 2. The van der Waals surface area contributed by atoms with E-state index in [1.54, 1.807) is 0 Å². The SMILES string of the molecule is CN(CC1CC(O)C1)c1ccc(C#N)cc1. The van der Waals surface area contributed by atoms with Crippen LogP contribution in [0.5, 0.6) is 0 Å². The summed E-state index contributed by atoms with van der Waals surface area (Å²) in [5, 5.41) is 17.9. The minimum atomic E-state index is -0.0839. The van der Waals surface area contributed by atoms with Gasteiger partial charge in [-0.25, -0.2) is 0 Å². The smallest absolute Gasteiger partial charge is 0.0991 e. The number of anilines is 1. The Morgan fingerprint density at radius 1 is 1.38 bits per heavy atom. The van der Waals surface area contributed by atoms with E-state index in [9.17, 15) is 5.11 Å². The number of aliphatic hydroxyl groups excluding tert-OH is 1. The lowest BCUT2D eigenvalue weighted by molar-refractivity contribution is 0.0465. The van der Waals surface area contributed by atoms with Gasteiger partial charge in [-0.3, -0.25) is 0 Å². The summed E-state index contributed by atoms with van der Waals surface area (Å²) in [7, 11) is 2.05. The fraction of sp³-hybridized carbons (Fsp3) is 0.462. The standard InChI is InChI=1S/C13H16N2O/c1-15(9-11-6-13(16)7-11)12-4-2-10(8-14)3-5-12/h2-5,11,13,16H,6-7,9H2,1H3. The number of rotatable bonds is 3. The first kappa shape index (κ1) is 11.0. The predicted octanol–water partition coefficient (Wildman–Crippen LogP) is 1.77. The van der Waals surface area contributed by atoms with Crippen molar-refractivity contribution in [2.75, 3.05) is 18.5 Å². The summed E-state index contributed by atoms with van der Waals surface area (Å²) in [6, 6.07) is 9.71. The summed E-state index contributed by atoms with van der Waals surface area (Å²) in [5.41, 5.74) is 1.82. The van der Waals surface area contributed by atoms with Gasteiger partial charge < -0.3 is 10.0 Å². The molecule has 0 atom stereocenters. The molecule has 1 N–H and O–H groups in total. The van der Waals surface area contributed by atoms with Crippen LogP contribution in [-0.4, -0.2) is 24.8 Å². The fourth-order valence-corrected chi connectivity index (χ4v) is 2.13. The summed E-state index contributed by atoms with van der Waals surface area (Å²) >= 11 is 0. The molecular weight excluding hydrogens is 200 g/mol. The Morgan fingerprint density at radius 3 is 2.50 bits per heavy atom. The molecule has 2 rings (SSSR count). The first-order valence-electron chi connectivity index (χ1n) is 5.58. The third-order valence-electron chi connectivity index (χ3n) is 3.18. The second-order valence-corrected chi connectivity index (χ2v) is 4.53. The van der Waals surface area contributed by atoms with Crippen LogP contribution in [0.15, 0.2) is 24.3 Å². The molecule has 0 radical (unpaired) electrons. The van der Waals surface area contributed by atoms with E-state index in [0.29, 0.717) is 11.5 Å². The summed E-state index contributed by atoms with van der Waals surface area (Å²) in [5.74, 6) is 0.607. The quantitative estimate of drug-likeness (QED) is 0.837.